The molecule has 0 fully saturated rings. The number of rotatable bonds is 4. The van der Waals surface area contributed by atoms with Gasteiger partial charge in [0.15, 0.2) is 0 Å². The topological polar surface area (TPSA) is 57.2 Å². The Morgan fingerprint density at radius 2 is 1.23 bits per heavy atom. The largest absolute Gasteiger partial charge is 2.00 e. The average Bonchev–Trinajstić information content (AvgIpc) is 3.76. The first-order valence-electron chi connectivity index (χ1n) is 17.5. The zero-order valence-electron chi connectivity index (χ0n) is 28.7. The zero-order chi connectivity index (χ0) is 34.6. The van der Waals surface area contributed by atoms with Crippen molar-refractivity contribution in [2.45, 2.75) is 19.3 Å². The molecule has 0 saturated carbocycles. The molecule has 5 aromatic heterocycles. The van der Waals surface area contributed by atoms with Gasteiger partial charge in [0, 0.05) is 45.8 Å². The molecule has 11 rings (SSSR count). The van der Waals surface area contributed by atoms with Crippen LogP contribution in [0.2, 0.25) is 0 Å². The van der Waals surface area contributed by atoms with Gasteiger partial charge in [-0.1, -0.05) is 121 Å². The first kappa shape index (κ1) is 31.6. The van der Waals surface area contributed by atoms with Crippen LogP contribution in [0.3, 0.4) is 0 Å². The minimum absolute atomic E-state index is 0. The Kier molecular flexibility index (Phi) is 6.98. The van der Waals surface area contributed by atoms with Crippen molar-refractivity contribution in [3.05, 3.63) is 163 Å². The third kappa shape index (κ3) is 4.52. The molecule has 0 atom stereocenters. The number of hydrogen-bond donors (Lipinski definition) is 0. The van der Waals surface area contributed by atoms with Crippen LogP contribution in [0.1, 0.15) is 25.0 Å². The Bertz CT molecular complexity index is 3070. The van der Waals surface area contributed by atoms with Gasteiger partial charge in [-0.25, -0.2) is 9.97 Å². The molecule has 10 aromatic rings. The van der Waals surface area contributed by atoms with Crippen molar-refractivity contribution in [1.29, 1.82) is 0 Å². The number of hydrogen-bond acceptors (Lipinski definition) is 4. The smallest absolute Gasteiger partial charge is 0.503 e. The quantitative estimate of drug-likeness (QED) is 0.131. The summed E-state index contributed by atoms with van der Waals surface area (Å²) in [6.07, 6.45) is 3.70. The molecule has 7 heteroatoms. The molecule has 1 aliphatic rings. The summed E-state index contributed by atoms with van der Waals surface area (Å²) in [5.74, 6) is 1.18. The maximum atomic E-state index is 6.66. The molecular formula is C46H29N5OPt. The SMILES string of the molecule is CC1(C)c2ccc(Oc3[c-]c4c(cc3)c3cccnc3n3c(-c5ccccc5)c(-c5ccccc5)nc43)[c-]c2-n2c3ncccc3c3cccc1c32.[Pt+2]. The van der Waals surface area contributed by atoms with E-state index in [1.165, 1.54) is 22.0 Å². The Morgan fingerprint density at radius 1 is 0.566 bits per heavy atom. The minimum atomic E-state index is -0.238. The fourth-order valence-corrected chi connectivity index (χ4v) is 8.26. The second-order valence-electron chi connectivity index (χ2n) is 13.9. The normalized spacial score (nSPS) is 13.1. The number of benzene rings is 5. The van der Waals surface area contributed by atoms with Crippen molar-refractivity contribution in [3.8, 4) is 39.7 Å². The van der Waals surface area contributed by atoms with Gasteiger partial charge >= 0.3 is 21.1 Å². The number of imidazole rings is 1. The van der Waals surface area contributed by atoms with Gasteiger partial charge in [0.05, 0.1) is 22.6 Å². The van der Waals surface area contributed by atoms with Crippen LogP contribution in [0.15, 0.2) is 140 Å². The van der Waals surface area contributed by atoms with Crippen molar-refractivity contribution >= 4 is 49.4 Å². The van der Waals surface area contributed by atoms with Crippen molar-refractivity contribution < 1.29 is 25.8 Å². The van der Waals surface area contributed by atoms with Crippen molar-refractivity contribution in [2.75, 3.05) is 0 Å². The fourth-order valence-electron chi connectivity index (χ4n) is 8.26. The van der Waals surface area contributed by atoms with Gasteiger partial charge in [-0.2, -0.15) is 6.07 Å². The summed E-state index contributed by atoms with van der Waals surface area (Å²) < 4.78 is 11.1. The molecule has 254 valence electrons. The summed E-state index contributed by atoms with van der Waals surface area (Å²) in [5, 5.41) is 5.19. The maximum Gasteiger partial charge on any atom is 2.00 e. The Morgan fingerprint density at radius 3 is 2.00 bits per heavy atom. The summed E-state index contributed by atoms with van der Waals surface area (Å²) in [6, 6.07) is 51.1. The molecule has 6 heterocycles. The van der Waals surface area contributed by atoms with E-state index < -0.39 is 0 Å². The van der Waals surface area contributed by atoms with Crippen LogP contribution in [-0.2, 0) is 26.5 Å². The molecule has 0 bridgehead atoms. The molecule has 0 amide bonds. The number of pyridine rings is 3. The van der Waals surface area contributed by atoms with E-state index in [4.69, 9.17) is 19.7 Å². The Balaban J connectivity index is 0.00000349. The molecule has 0 saturated heterocycles. The Hall–Kier alpha value is -6.10. The summed E-state index contributed by atoms with van der Waals surface area (Å²) in [4.78, 5) is 15.1. The van der Waals surface area contributed by atoms with E-state index in [0.29, 0.717) is 11.5 Å². The third-order valence-corrected chi connectivity index (χ3v) is 10.6. The number of para-hydroxylation sites is 1. The monoisotopic (exact) mass is 862 g/mol. The number of ether oxygens (including phenoxy) is 1. The second kappa shape index (κ2) is 11.7. The summed E-state index contributed by atoms with van der Waals surface area (Å²) in [5.41, 5.74) is 10.8. The standard InChI is InChI=1S/C46H29N5O.Pt/c1-46(2)37-23-21-31(27-39(37)50-42-33(16-9-19-38(42)46)35-18-11-24-47-43(35)50)52-30-20-22-32-34-17-10-25-48-44(34)51-41(29-14-7-4-8-15-29)40(28-12-5-3-6-13-28)49-45(51)36(32)26-30;/h3-25H,1-2H3;/q-2;+2. The summed E-state index contributed by atoms with van der Waals surface area (Å²) in [6.45, 7) is 4.56. The summed E-state index contributed by atoms with van der Waals surface area (Å²) in [7, 11) is 0. The fraction of sp³-hybridized carbons (Fsp3) is 0.0652. The van der Waals surface area contributed by atoms with Gasteiger partial charge < -0.3 is 13.7 Å². The molecule has 6 nitrogen and oxygen atoms in total. The van der Waals surface area contributed by atoms with E-state index in [1.807, 2.05) is 60.9 Å². The van der Waals surface area contributed by atoms with Gasteiger partial charge in [0.2, 0.25) is 0 Å². The molecule has 0 radical (unpaired) electrons. The van der Waals surface area contributed by atoms with Crippen molar-refractivity contribution in [1.82, 2.24) is 23.9 Å². The molecule has 53 heavy (non-hydrogen) atoms. The molecule has 0 aliphatic carbocycles. The van der Waals surface area contributed by atoms with Crippen molar-refractivity contribution in [3.63, 3.8) is 0 Å². The predicted molar refractivity (Wildman–Crippen MR) is 207 cm³/mol. The van der Waals surface area contributed by atoms with Gasteiger partial charge in [-0.3, -0.25) is 4.98 Å². The first-order valence-corrected chi connectivity index (χ1v) is 17.5. The molecule has 5 aromatic carbocycles. The van der Waals surface area contributed by atoms with E-state index in [9.17, 15) is 0 Å². The van der Waals surface area contributed by atoms with Gasteiger partial charge in [-0.15, -0.1) is 29.8 Å². The number of fused-ring (bicyclic) bond motifs is 11. The van der Waals surface area contributed by atoms with E-state index in [2.05, 4.69) is 114 Å². The van der Waals surface area contributed by atoms with Crippen LogP contribution in [0, 0.1) is 12.1 Å². The minimum Gasteiger partial charge on any atom is -0.503 e. The molecule has 0 unspecified atom stereocenters. The van der Waals surface area contributed by atoms with E-state index >= 15 is 0 Å². The number of aromatic nitrogens is 5. The molecule has 0 N–H and O–H groups in total. The van der Waals surface area contributed by atoms with Gasteiger partial charge in [0.1, 0.15) is 11.3 Å². The Labute approximate surface area is 319 Å². The number of nitrogens with zero attached hydrogens (tertiary/aromatic N) is 5. The molecular weight excluding hydrogens is 834 g/mol. The summed E-state index contributed by atoms with van der Waals surface area (Å²) >= 11 is 0. The van der Waals surface area contributed by atoms with Crippen molar-refractivity contribution in [2.24, 2.45) is 0 Å². The predicted octanol–water partition coefficient (Wildman–Crippen LogP) is 10.9. The van der Waals surface area contributed by atoms with E-state index in [1.54, 1.807) is 0 Å². The van der Waals surface area contributed by atoms with Crippen LogP contribution in [0.25, 0.3) is 77.6 Å². The van der Waals surface area contributed by atoms with Crippen LogP contribution in [0.5, 0.6) is 11.5 Å². The molecule has 0 spiro atoms. The second-order valence-corrected chi connectivity index (χ2v) is 13.9. The van der Waals surface area contributed by atoms with Crippen LogP contribution < -0.4 is 4.74 Å². The van der Waals surface area contributed by atoms with Gasteiger partial charge in [0.25, 0.3) is 0 Å². The zero-order valence-corrected chi connectivity index (χ0v) is 31.0. The third-order valence-electron chi connectivity index (χ3n) is 10.6. The molecule has 1 aliphatic heterocycles. The van der Waals surface area contributed by atoms with Gasteiger partial charge in [-0.05, 0) is 34.6 Å². The first-order chi connectivity index (χ1) is 25.6. The average molecular weight is 863 g/mol. The van der Waals surface area contributed by atoms with E-state index in [0.717, 1.165) is 66.7 Å². The van der Waals surface area contributed by atoms with Crippen LogP contribution >= 0.6 is 0 Å². The van der Waals surface area contributed by atoms with Crippen LogP contribution in [-0.4, -0.2) is 23.9 Å². The van der Waals surface area contributed by atoms with E-state index in [-0.39, 0.29) is 26.5 Å². The van der Waals surface area contributed by atoms with Crippen LogP contribution in [0.4, 0.5) is 0 Å². The maximum absolute atomic E-state index is 6.66.